The maximum absolute atomic E-state index is 11.8. The Kier molecular flexibility index (Phi) is 7.94. The number of nitrogens with one attached hydrogen (secondary N) is 2. The number of guanidine groups is 1. The number of rotatable bonds is 6. The van der Waals surface area contributed by atoms with Gasteiger partial charge in [-0.15, -0.1) is 0 Å². The normalized spacial score (nSPS) is 14.9. The number of para-hydroxylation sites is 1. The van der Waals surface area contributed by atoms with E-state index in [1.807, 2.05) is 55.5 Å². The van der Waals surface area contributed by atoms with Gasteiger partial charge in [0.25, 0.3) is 0 Å². The van der Waals surface area contributed by atoms with Gasteiger partial charge in [-0.2, -0.15) is 0 Å². The fraction of sp³-hybridized carbons (Fsp3) is 0.391. The van der Waals surface area contributed by atoms with Crippen LogP contribution in [0.2, 0.25) is 0 Å². The standard InChI is InChI=1S/C23H30N4O3/c1-3-29-23(28)27-14-12-19(13-15-27)26-22(24-2)25-17-18-8-7-11-21(16-18)30-20-9-5-4-6-10-20/h4-11,16,19H,3,12-15,17H2,1-2H3,(H2,24,25,26). The molecule has 0 bridgehead atoms. The topological polar surface area (TPSA) is 75.2 Å². The Morgan fingerprint density at radius 2 is 1.83 bits per heavy atom. The summed E-state index contributed by atoms with van der Waals surface area (Å²) in [4.78, 5) is 17.9. The van der Waals surface area contributed by atoms with Crippen molar-refractivity contribution in [1.29, 1.82) is 0 Å². The quantitative estimate of drug-likeness (QED) is 0.560. The van der Waals surface area contributed by atoms with E-state index in [1.165, 1.54) is 0 Å². The molecule has 160 valence electrons. The summed E-state index contributed by atoms with van der Waals surface area (Å²) in [6.07, 6.45) is 1.50. The van der Waals surface area contributed by atoms with Crippen molar-refractivity contribution < 1.29 is 14.3 Å². The number of nitrogens with zero attached hydrogens (tertiary/aromatic N) is 2. The van der Waals surface area contributed by atoms with Crippen LogP contribution >= 0.6 is 0 Å². The number of ether oxygens (including phenoxy) is 2. The van der Waals surface area contributed by atoms with Crippen molar-refractivity contribution in [3.63, 3.8) is 0 Å². The Balaban J connectivity index is 1.47. The van der Waals surface area contributed by atoms with E-state index in [4.69, 9.17) is 9.47 Å². The summed E-state index contributed by atoms with van der Waals surface area (Å²) < 4.78 is 11.0. The van der Waals surface area contributed by atoms with Crippen LogP contribution < -0.4 is 15.4 Å². The molecule has 2 aromatic carbocycles. The average Bonchev–Trinajstić information content (AvgIpc) is 2.78. The number of likely N-dealkylation sites (tertiary alicyclic amines) is 1. The van der Waals surface area contributed by atoms with Gasteiger partial charge < -0.3 is 25.0 Å². The highest BCUT2D eigenvalue weighted by Crippen LogP contribution is 2.21. The van der Waals surface area contributed by atoms with Gasteiger partial charge in [-0.05, 0) is 49.6 Å². The van der Waals surface area contributed by atoms with Gasteiger partial charge in [-0.25, -0.2) is 4.79 Å². The van der Waals surface area contributed by atoms with E-state index in [0.29, 0.717) is 26.2 Å². The summed E-state index contributed by atoms with van der Waals surface area (Å²) in [5, 5.41) is 6.81. The molecule has 0 spiro atoms. The lowest BCUT2D eigenvalue weighted by Crippen LogP contribution is -2.49. The van der Waals surface area contributed by atoms with Gasteiger partial charge in [-0.1, -0.05) is 30.3 Å². The van der Waals surface area contributed by atoms with Gasteiger partial charge >= 0.3 is 6.09 Å². The van der Waals surface area contributed by atoms with Crippen LogP contribution in [0.1, 0.15) is 25.3 Å². The fourth-order valence-corrected chi connectivity index (χ4v) is 3.34. The van der Waals surface area contributed by atoms with Gasteiger partial charge in [0, 0.05) is 32.7 Å². The van der Waals surface area contributed by atoms with Crippen molar-refractivity contribution in [2.75, 3.05) is 26.7 Å². The summed E-state index contributed by atoms with van der Waals surface area (Å²) in [5.41, 5.74) is 1.10. The molecule has 0 atom stereocenters. The van der Waals surface area contributed by atoms with Gasteiger partial charge in [0.2, 0.25) is 0 Å². The summed E-state index contributed by atoms with van der Waals surface area (Å²) in [6, 6.07) is 18.0. The number of hydrogen-bond acceptors (Lipinski definition) is 4. The first-order valence-electron chi connectivity index (χ1n) is 10.4. The van der Waals surface area contributed by atoms with Gasteiger partial charge in [0.15, 0.2) is 5.96 Å². The lowest BCUT2D eigenvalue weighted by Gasteiger charge is -2.32. The predicted molar refractivity (Wildman–Crippen MR) is 118 cm³/mol. The smallest absolute Gasteiger partial charge is 0.409 e. The van der Waals surface area contributed by atoms with Crippen molar-refractivity contribution in [2.24, 2.45) is 4.99 Å². The van der Waals surface area contributed by atoms with Crippen LogP contribution in [0.4, 0.5) is 4.79 Å². The largest absolute Gasteiger partial charge is 0.457 e. The van der Waals surface area contributed by atoms with E-state index >= 15 is 0 Å². The zero-order valence-corrected chi connectivity index (χ0v) is 17.6. The third-order valence-corrected chi connectivity index (χ3v) is 4.92. The van der Waals surface area contributed by atoms with E-state index in [9.17, 15) is 4.79 Å². The van der Waals surface area contributed by atoms with Crippen LogP contribution in [0.25, 0.3) is 0 Å². The monoisotopic (exact) mass is 410 g/mol. The highest BCUT2D eigenvalue weighted by atomic mass is 16.6. The maximum atomic E-state index is 11.8. The van der Waals surface area contributed by atoms with Crippen LogP contribution in [0.15, 0.2) is 59.6 Å². The lowest BCUT2D eigenvalue weighted by molar-refractivity contribution is 0.0963. The number of carbonyl (C=O) groups is 1. The van der Waals surface area contributed by atoms with Crippen LogP contribution in [-0.4, -0.2) is 49.7 Å². The van der Waals surface area contributed by atoms with Crippen molar-refractivity contribution >= 4 is 12.1 Å². The molecule has 0 aliphatic carbocycles. The molecule has 2 N–H and O–H groups in total. The number of aliphatic imine (C=N–C) groups is 1. The molecule has 0 unspecified atom stereocenters. The SMILES string of the molecule is CCOC(=O)N1CCC(NC(=NC)NCc2cccc(Oc3ccccc3)c2)CC1. The predicted octanol–water partition coefficient (Wildman–Crippen LogP) is 3.76. The second-order valence-electron chi connectivity index (χ2n) is 7.09. The minimum atomic E-state index is -0.226. The van der Waals surface area contributed by atoms with Gasteiger partial charge in [0.05, 0.1) is 6.61 Å². The van der Waals surface area contributed by atoms with E-state index in [1.54, 1.807) is 11.9 Å². The molecule has 3 rings (SSSR count). The first-order chi connectivity index (χ1) is 14.7. The third kappa shape index (κ3) is 6.40. The molecule has 30 heavy (non-hydrogen) atoms. The lowest BCUT2D eigenvalue weighted by atomic mass is 10.1. The number of piperidine rings is 1. The number of carbonyl (C=O) groups excluding carboxylic acids is 1. The average molecular weight is 411 g/mol. The maximum Gasteiger partial charge on any atom is 0.409 e. The molecule has 1 aliphatic rings. The minimum absolute atomic E-state index is 0.226. The molecule has 7 heteroatoms. The molecule has 0 saturated carbocycles. The molecule has 1 fully saturated rings. The van der Waals surface area contributed by atoms with Gasteiger partial charge in [0.1, 0.15) is 11.5 Å². The number of hydrogen-bond donors (Lipinski definition) is 2. The molecule has 2 aromatic rings. The molecule has 1 aliphatic heterocycles. The fourth-order valence-electron chi connectivity index (χ4n) is 3.34. The Labute approximate surface area is 178 Å². The van der Waals surface area contributed by atoms with E-state index < -0.39 is 0 Å². The van der Waals surface area contributed by atoms with Gasteiger partial charge in [-0.3, -0.25) is 4.99 Å². The second-order valence-corrected chi connectivity index (χ2v) is 7.09. The molecular formula is C23H30N4O3. The Morgan fingerprint density at radius 3 is 2.53 bits per heavy atom. The molecule has 0 aromatic heterocycles. The number of benzene rings is 2. The van der Waals surface area contributed by atoms with E-state index in [0.717, 1.165) is 35.9 Å². The summed E-state index contributed by atoms with van der Waals surface area (Å²) in [7, 11) is 1.76. The summed E-state index contributed by atoms with van der Waals surface area (Å²) in [5.74, 6) is 2.36. The van der Waals surface area contributed by atoms with E-state index in [2.05, 4.69) is 21.7 Å². The van der Waals surface area contributed by atoms with Crippen LogP contribution in [0, 0.1) is 0 Å². The first kappa shape index (κ1) is 21.5. The Morgan fingerprint density at radius 1 is 1.10 bits per heavy atom. The van der Waals surface area contributed by atoms with Crippen LogP contribution in [0.3, 0.4) is 0 Å². The summed E-state index contributed by atoms with van der Waals surface area (Å²) in [6.45, 7) is 4.24. The Hall–Kier alpha value is -3.22. The summed E-state index contributed by atoms with van der Waals surface area (Å²) >= 11 is 0. The van der Waals surface area contributed by atoms with Crippen molar-refractivity contribution in [2.45, 2.75) is 32.4 Å². The molecule has 0 radical (unpaired) electrons. The van der Waals surface area contributed by atoms with Crippen LogP contribution in [0.5, 0.6) is 11.5 Å². The highest BCUT2D eigenvalue weighted by molar-refractivity contribution is 5.80. The zero-order chi connectivity index (χ0) is 21.2. The minimum Gasteiger partial charge on any atom is -0.457 e. The molecule has 1 amide bonds. The second kappa shape index (κ2) is 11.1. The number of amides is 1. The molecule has 1 heterocycles. The Bertz CT molecular complexity index is 833. The van der Waals surface area contributed by atoms with Crippen molar-refractivity contribution in [3.8, 4) is 11.5 Å². The highest BCUT2D eigenvalue weighted by Gasteiger charge is 2.24. The molecule has 7 nitrogen and oxygen atoms in total. The first-order valence-corrected chi connectivity index (χ1v) is 10.4. The van der Waals surface area contributed by atoms with E-state index in [-0.39, 0.29) is 12.1 Å². The third-order valence-electron chi connectivity index (χ3n) is 4.92. The van der Waals surface area contributed by atoms with Crippen molar-refractivity contribution in [3.05, 3.63) is 60.2 Å². The molecule has 1 saturated heterocycles. The molecular weight excluding hydrogens is 380 g/mol. The zero-order valence-electron chi connectivity index (χ0n) is 17.6. The van der Waals surface area contributed by atoms with Crippen LogP contribution in [-0.2, 0) is 11.3 Å². The van der Waals surface area contributed by atoms with Crippen molar-refractivity contribution in [1.82, 2.24) is 15.5 Å².